The molecule has 0 saturated carbocycles. The quantitative estimate of drug-likeness (QED) is 0.258. The summed E-state index contributed by atoms with van der Waals surface area (Å²) < 4.78 is 10.4. The van der Waals surface area contributed by atoms with Gasteiger partial charge in [-0.1, -0.05) is 6.07 Å². The Hall–Kier alpha value is -2.48. The topological polar surface area (TPSA) is 99.0 Å². The summed E-state index contributed by atoms with van der Waals surface area (Å²) in [5, 5.41) is 10.9. The number of carbonyl (C=O) groups is 2. The molecule has 0 aliphatic carbocycles. The van der Waals surface area contributed by atoms with Gasteiger partial charge >= 0.3 is 5.97 Å². The number of non-ortho nitro benzene ring substituents is 1. The van der Waals surface area contributed by atoms with Gasteiger partial charge in [0.1, 0.15) is 0 Å². The fourth-order valence-corrected chi connectivity index (χ4v) is 2.28. The first-order valence-corrected chi connectivity index (χ1v) is 8.66. The summed E-state index contributed by atoms with van der Waals surface area (Å²) >= 11 is 0. The number of nitrogens with zero attached hydrogens (tertiary/aromatic N) is 2. The number of rotatable bonds is 11. The van der Waals surface area contributed by atoms with Gasteiger partial charge in [-0.25, -0.2) is 0 Å². The zero-order valence-electron chi connectivity index (χ0n) is 15.5. The maximum atomic E-state index is 12.7. The number of ether oxygens (including phenoxy) is 2. The molecule has 0 fully saturated rings. The van der Waals surface area contributed by atoms with Crippen molar-refractivity contribution < 1.29 is 24.0 Å². The molecule has 0 spiro atoms. The van der Waals surface area contributed by atoms with Crippen LogP contribution in [0, 0.1) is 10.1 Å². The Balaban J connectivity index is 2.80. The molecule has 0 radical (unpaired) electrons. The minimum atomic E-state index is -0.545. The SMILES string of the molecule is CCOC(=O)CCN(CCCOC(C)C)C(=O)c1cccc([N+](=O)[O-])c1. The molecule has 0 bridgehead atoms. The third kappa shape index (κ3) is 7.60. The minimum Gasteiger partial charge on any atom is -0.466 e. The number of benzene rings is 1. The Morgan fingerprint density at radius 1 is 1.27 bits per heavy atom. The van der Waals surface area contributed by atoms with Crippen molar-refractivity contribution in [2.24, 2.45) is 0 Å². The van der Waals surface area contributed by atoms with Gasteiger partial charge in [0, 0.05) is 37.4 Å². The van der Waals surface area contributed by atoms with E-state index in [-0.39, 0.29) is 48.8 Å². The van der Waals surface area contributed by atoms with Crippen molar-refractivity contribution in [3.8, 4) is 0 Å². The van der Waals surface area contributed by atoms with E-state index >= 15 is 0 Å². The van der Waals surface area contributed by atoms with Gasteiger partial charge in [0.2, 0.25) is 0 Å². The van der Waals surface area contributed by atoms with Crippen LogP contribution in [-0.4, -0.2) is 54.1 Å². The van der Waals surface area contributed by atoms with E-state index in [9.17, 15) is 19.7 Å². The normalized spacial score (nSPS) is 10.6. The monoisotopic (exact) mass is 366 g/mol. The van der Waals surface area contributed by atoms with Crippen LogP contribution in [0.15, 0.2) is 24.3 Å². The van der Waals surface area contributed by atoms with Gasteiger partial charge in [-0.3, -0.25) is 19.7 Å². The molecule has 1 amide bonds. The second-order valence-corrected chi connectivity index (χ2v) is 5.93. The maximum Gasteiger partial charge on any atom is 0.307 e. The molecule has 8 heteroatoms. The van der Waals surface area contributed by atoms with Crippen molar-refractivity contribution in [1.82, 2.24) is 4.90 Å². The zero-order valence-corrected chi connectivity index (χ0v) is 15.5. The molecule has 0 atom stereocenters. The Morgan fingerprint density at radius 3 is 2.62 bits per heavy atom. The van der Waals surface area contributed by atoms with Gasteiger partial charge in [0.25, 0.3) is 11.6 Å². The predicted octanol–water partition coefficient (Wildman–Crippen LogP) is 2.81. The predicted molar refractivity (Wildman–Crippen MR) is 96.0 cm³/mol. The highest BCUT2D eigenvalue weighted by atomic mass is 16.6. The lowest BCUT2D eigenvalue weighted by Gasteiger charge is -2.22. The molecule has 0 aliphatic rings. The van der Waals surface area contributed by atoms with Gasteiger partial charge in [0.05, 0.1) is 24.1 Å². The number of carbonyl (C=O) groups excluding carboxylic acids is 2. The van der Waals surface area contributed by atoms with Crippen LogP contribution >= 0.6 is 0 Å². The summed E-state index contributed by atoms with van der Waals surface area (Å²) in [4.78, 5) is 36.2. The van der Waals surface area contributed by atoms with Crippen LogP contribution in [0.5, 0.6) is 0 Å². The highest BCUT2D eigenvalue weighted by Crippen LogP contribution is 2.15. The molecule has 0 aromatic heterocycles. The second-order valence-electron chi connectivity index (χ2n) is 5.93. The fourth-order valence-electron chi connectivity index (χ4n) is 2.28. The highest BCUT2D eigenvalue weighted by Gasteiger charge is 2.19. The molecule has 1 aromatic carbocycles. The molecule has 0 heterocycles. The Kier molecular flexibility index (Phi) is 9.29. The fraction of sp³-hybridized carbons (Fsp3) is 0.556. The van der Waals surface area contributed by atoms with Gasteiger partial charge < -0.3 is 14.4 Å². The Bertz CT molecular complexity index is 617. The number of nitro groups is 1. The van der Waals surface area contributed by atoms with Crippen LogP contribution in [0.4, 0.5) is 5.69 Å². The molecule has 144 valence electrons. The van der Waals surface area contributed by atoms with Crippen molar-refractivity contribution in [2.75, 3.05) is 26.3 Å². The van der Waals surface area contributed by atoms with Gasteiger partial charge in [-0.2, -0.15) is 0 Å². The summed E-state index contributed by atoms with van der Waals surface area (Å²) in [6, 6.07) is 5.56. The third-order valence-electron chi connectivity index (χ3n) is 3.51. The summed E-state index contributed by atoms with van der Waals surface area (Å²) in [6.07, 6.45) is 0.761. The summed E-state index contributed by atoms with van der Waals surface area (Å²) in [5.41, 5.74) is 0.0668. The van der Waals surface area contributed by atoms with E-state index in [4.69, 9.17) is 9.47 Å². The number of hydrogen-bond donors (Lipinski definition) is 0. The minimum absolute atomic E-state index is 0.0690. The molecule has 0 N–H and O–H groups in total. The van der Waals surface area contributed by atoms with E-state index in [0.29, 0.717) is 19.6 Å². The van der Waals surface area contributed by atoms with Gasteiger partial charge in [-0.15, -0.1) is 0 Å². The molecule has 0 aliphatic heterocycles. The van der Waals surface area contributed by atoms with Gasteiger partial charge in [-0.05, 0) is 33.3 Å². The standard InChI is InChI=1S/C18H26N2O6/c1-4-25-17(21)9-11-19(10-6-12-26-14(2)3)18(22)15-7-5-8-16(13-15)20(23)24/h5,7-8,13-14H,4,6,9-12H2,1-3H3. The first-order valence-electron chi connectivity index (χ1n) is 8.66. The number of amides is 1. The van der Waals surface area contributed by atoms with Crippen molar-refractivity contribution in [2.45, 2.75) is 39.7 Å². The zero-order chi connectivity index (χ0) is 19.5. The lowest BCUT2D eigenvalue weighted by Crippen LogP contribution is -2.34. The molecule has 0 saturated heterocycles. The number of hydrogen-bond acceptors (Lipinski definition) is 6. The van der Waals surface area contributed by atoms with Crippen LogP contribution in [0.3, 0.4) is 0 Å². The number of esters is 1. The van der Waals surface area contributed by atoms with Crippen LogP contribution < -0.4 is 0 Å². The van der Waals surface area contributed by atoms with E-state index in [1.165, 1.54) is 29.2 Å². The van der Waals surface area contributed by atoms with Crippen molar-refractivity contribution in [1.29, 1.82) is 0 Å². The van der Waals surface area contributed by atoms with Crippen molar-refractivity contribution in [3.63, 3.8) is 0 Å². The summed E-state index contributed by atoms with van der Waals surface area (Å²) in [6.45, 7) is 6.89. The smallest absolute Gasteiger partial charge is 0.307 e. The van der Waals surface area contributed by atoms with Crippen LogP contribution in [0.25, 0.3) is 0 Å². The van der Waals surface area contributed by atoms with Crippen LogP contribution in [0.2, 0.25) is 0 Å². The van der Waals surface area contributed by atoms with Crippen LogP contribution in [-0.2, 0) is 14.3 Å². The Morgan fingerprint density at radius 2 is 2.00 bits per heavy atom. The highest BCUT2D eigenvalue weighted by molar-refractivity contribution is 5.95. The molecular formula is C18H26N2O6. The largest absolute Gasteiger partial charge is 0.466 e. The average Bonchev–Trinajstić information content (AvgIpc) is 2.60. The lowest BCUT2D eigenvalue weighted by molar-refractivity contribution is -0.384. The van der Waals surface area contributed by atoms with E-state index in [2.05, 4.69) is 0 Å². The van der Waals surface area contributed by atoms with E-state index in [0.717, 1.165) is 0 Å². The number of nitro benzene ring substituents is 1. The van der Waals surface area contributed by atoms with E-state index in [1.807, 2.05) is 13.8 Å². The molecule has 0 unspecified atom stereocenters. The van der Waals surface area contributed by atoms with Gasteiger partial charge in [0.15, 0.2) is 0 Å². The molecule has 26 heavy (non-hydrogen) atoms. The van der Waals surface area contributed by atoms with Crippen molar-refractivity contribution >= 4 is 17.6 Å². The summed E-state index contributed by atoms with van der Waals surface area (Å²) in [5.74, 6) is -0.745. The summed E-state index contributed by atoms with van der Waals surface area (Å²) in [7, 11) is 0. The third-order valence-corrected chi connectivity index (χ3v) is 3.51. The molecule has 1 rings (SSSR count). The maximum absolute atomic E-state index is 12.7. The first-order chi connectivity index (χ1) is 12.3. The average molecular weight is 366 g/mol. The first kappa shape index (κ1) is 21.6. The van der Waals surface area contributed by atoms with Crippen molar-refractivity contribution in [3.05, 3.63) is 39.9 Å². The molecular weight excluding hydrogens is 340 g/mol. The molecule has 1 aromatic rings. The Labute approximate surface area is 153 Å². The molecule has 8 nitrogen and oxygen atoms in total. The van der Waals surface area contributed by atoms with E-state index in [1.54, 1.807) is 6.92 Å². The van der Waals surface area contributed by atoms with E-state index < -0.39 is 4.92 Å². The lowest BCUT2D eigenvalue weighted by atomic mass is 10.1. The second kappa shape index (κ2) is 11.2. The van der Waals surface area contributed by atoms with Crippen LogP contribution in [0.1, 0.15) is 44.0 Å².